The fourth-order valence-corrected chi connectivity index (χ4v) is 5.65. The molecule has 66 heavy (non-hydrogen) atoms. The number of aliphatic imine (C=N–C) groups is 1. The predicted molar refractivity (Wildman–Crippen MR) is 230 cm³/mol. The number of carbonyl (C=O) groups excluding carboxylic acids is 8. The van der Waals surface area contributed by atoms with E-state index in [-0.39, 0.29) is 25.3 Å². The molecule has 28 nitrogen and oxygen atoms in total. The summed E-state index contributed by atoms with van der Waals surface area (Å²) in [6.45, 7) is 6.46. The van der Waals surface area contributed by atoms with Crippen LogP contribution in [0.5, 0.6) is 0 Å². The maximum atomic E-state index is 13.7. The highest BCUT2D eigenvalue weighted by Crippen LogP contribution is 2.10. The van der Waals surface area contributed by atoms with Gasteiger partial charge in [0.25, 0.3) is 0 Å². The summed E-state index contributed by atoms with van der Waals surface area (Å²) in [6, 6.07) is -12.2. The molecule has 0 saturated carbocycles. The Morgan fingerprint density at radius 3 is 1.44 bits per heavy atom. The van der Waals surface area contributed by atoms with Gasteiger partial charge in [0.1, 0.15) is 48.3 Å². The predicted octanol–water partition coefficient (Wildman–Crippen LogP) is -6.75. The molecule has 0 bridgehead atoms. The largest absolute Gasteiger partial charge is 0.481 e. The fourth-order valence-electron chi connectivity index (χ4n) is 5.65. The third kappa shape index (κ3) is 22.3. The van der Waals surface area contributed by atoms with Crippen molar-refractivity contribution in [2.45, 2.75) is 122 Å². The Hall–Kier alpha value is -6.68. The molecule has 374 valence electrons. The van der Waals surface area contributed by atoms with Gasteiger partial charge in [0.15, 0.2) is 5.96 Å². The average Bonchev–Trinajstić information content (AvgIpc) is 3.22. The number of carbonyl (C=O) groups is 11. The Labute approximate surface area is 379 Å². The molecule has 0 unspecified atom stereocenters. The van der Waals surface area contributed by atoms with Gasteiger partial charge in [0.2, 0.25) is 47.3 Å². The molecule has 0 aromatic carbocycles. The lowest BCUT2D eigenvalue weighted by molar-refractivity contribution is -0.144. The zero-order valence-corrected chi connectivity index (χ0v) is 37.6. The minimum atomic E-state index is -1.90. The maximum absolute atomic E-state index is 13.7. The van der Waals surface area contributed by atoms with E-state index in [0.717, 1.165) is 0 Å². The first-order valence-corrected chi connectivity index (χ1v) is 20.7. The number of rotatable bonds is 31. The lowest BCUT2D eigenvalue weighted by atomic mass is 9.98. The van der Waals surface area contributed by atoms with E-state index in [1.165, 1.54) is 13.8 Å². The Balaban J connectivity index is 6.18. The normalized spacial score (nSPS) is 14.7. The minimum absolute atomic E-state index is 0.0431. The molecule has 0 aromatic heterocycles. The molecular formula is C38H66N12O16. The summed E-state index contributed by atoms with van der Waals surface area (Å²) in [5, 5.41) is 65.3. The van der Waals surface area contributed by atoms with Crippen molar-refractivity contribution in [3.63, 3.8) is 0 Å². The quantitative estimate of drug-likeness (QED) is 0.0174. The molecular weight excluding hydrogens is 880 g/mol. The van der Waals surface area contributed by atoms with Gasteiger partial charge in [-0.15, -0.1) is 0 Å². The second-order valence-corrected chi connectivity index (χ2v) is 16.0. The van der Waals surface area contributed by atoms with E-state index in [1.54, 1.807) is 27.7 Å². The molecule has 0 fully saturated rings. The summed E-state index contributed by atoms with van der Waals surface area (Å²) in [5.41, 5.74) is 16.3. The highest BCUT2D eigenvalue weighted by atomic mass is 16.4. The number of guanidine groups is 1. The van der Waals surface area contributed by atoms with Crippen LogP contribution >= 0.6 is 0 Å². The molecule has 0 aliphatic carbocycles. The zero-order chi connectivity index (χ0) is 51.0. The number of nitrogens with one attached hydrogen (secondary N) is 8. The van der Waals surface area contributed by atoms with E-state index in [9.17, 15) is 73.2 Å². The Morgan fingerprint density at radius 2 is 0.970 bits per heavy atom. The summed E-state index contributed by atoms with van der Waals surface area (Å²) in [5.74, 6) is -14.8. The van der Waals surface area contributed by atoms with Crippen molar-refractivity contribution in [1.82, 2.24) is 42.5 Å². The maximum Gasteiger partial charge on any atom is 0.326 e. The highest BCUT2D eigenvalue weighted by molar-refractivity contribution is 5.98. The van der Waals surface area contributed by atoms with Crippen LogP contribution in [0.1, 0.15) is 73.6 Å². The summed E-state index contributed by atoms with van der Waals surface area (Å²) in [7, 11) is 0. The van der Waals surface area contributed by atoms with Crippen molar-refractivity contribution < 1.29 is 78.3 Å². The molecule has 0 aliphatic rings. The summed E-state index contributed by atoms with van der Waals surface area (Å²) in [4.78, 5) is 143. The number of carboxylic acids is 3. The summed E-state index contributed by atoms with van der Waals surface area (Å²) >= 11 is 0. The Kier molecular flexibility index (Phi) is 26.7. The summed E-state index contributed by atoms with van der Waals surface area (Å²) < 4.78 is 0. The van der Waals surface area contributed by atoms with Crippen LogP contribution in [0.2, 0.25) is 0 Å². The third-order valence-corrected chi connectivity index (χ3v) is 9.39. The van der Waals surface area contributed by atoms with Gasteiger partial charge in [-0.25, -0.2) is 4.79 Å². The van der Waals surface area contributed by atoms with E-state index in [4.69, 9.17) is 22.3 Å². The number of carboxylic acid groups (broad SMARTS) is 3. The van der Waals surface area contributed by atoms with Gasteiger partial charge in [-0.05, 0) is 37.0 Å². The van der Waals surface area contributed by atoms with Crippen molar-refractivity contribution in [3.8, 4) is 0 Å². The van der Waals surface area contributed by atoms with Crippen molar-refractivity contribution in [2.75, 3.05) is 26.3 Å². The van der Waals surface area contributed by atoms with Crippen molar-refractivity contribution in [2.24, 2.45) is 39.9 Å². The fraction of sp³-hybridized carbons (Fsp3) is 0.684. The third-order valence-electron chi connectivity index (χ3n) is 9.39. The number of aliphatic hydroxyl groups is 2. The number of nitrogens with zero attached hydrogens (tertiary/aromatic N) is 1. The smallest absolute Gasteiger partial charge is 0.326 e. The first-order valence-electron chi connectivity index (χ1n) is 20.7. The van der Waals surface area contributed by atoms with Crippen LogP contribution in [0.3, 0.4) is 0 Å². The molecule has 0 spiro atoms. The van der Waals surface area contributed by atoms with Crippen molar-refractivity contribution in [1.29, 1.82) is 0 Å². The van der Waals surface area contributed by atoms with Crippen LogP contribution in [0, 0.1) is 17.8 Å². The van der Waals surface area contributed by atoms with Gasteiger partial charge in [-0.1, -0.05) is 41.5 Å². The standard InChI is InChI=1S/C38H66N12O16/c1-16(2)27(49-36(64)28(17(3)4)48-30(58)19(39)14-51)35(63)46-20(8-7-11-42-38(40)41)32(60)47-22(12-26(56)57)31(59)43-13-24(53)44-23(15-52)34(62)45-21(9-10-25(54)55)33(61)50-29(18(5)6)37(65)66/h16-23,27-29,51-52H,7-15,39H2,1-6H3,(H,43,59)(H,44,53)(H,45,62)(H,46,63)(H,47,60)(H,48,58)(H,49,64)(H,50,61)(H,54,55)(H,56,57)(H,65,66)(H4,40,41,42)/t19-,20-,21-,22-,23-,27-,28-,29-/m0/s1. The number of aliphatic hydroxyl groups excluding tert-OH is 2. The molecule has 0 rings (SSSR count). The minimum Gasteiger partial charge on any atom is -0.481 e. The first kappa shape index (κ1) is 59.3. The van der Waals surface area contributed by atoms with E-state index >= 15 is 0 Å². The van der Waals surface area contributed by atoms with Crippen LogP contribution in [-0.2, 0) is 52.7 Å². The molecule has 0 heterocycles. The molecule has 0 radical (unpaired) electrons. The monoisotopic (exact) mass is 946 g/mol. The summed E-state index contributed by atoms with van der Waals surface area (Å²) in [6.07, 6.45) is -2.39. The molecule has 8 atom stereocenters. The lowest BCUT2D eigenvalue weighted by Crippen LogP contribution is -2.61. The first-order chi connectivity index (χ1) is 30.7. The SMILES string of the molecule is CC(C)[C@H](NC(=O)[C@H](CCC(=O)O)NC(=O)[C@H](CO)NC(=O)CNC(=O)[C@H](CC(=O)O)NC(=O)[C@H](CCCN=C(N)N)NC(=O)[C@@H](NC(=O)[C@@H](NC(=O)[C@@H](N)CO)C(C)C)C(C)C)C(=O)O. The van der Waals surface area contributed by atoms with E-state index in [2.05, 4.69) is 47.5 Å². The molecule has 28 heteroatoms. The van der Waals surface area contributed by atoms with Crippen molar-refractivity contribution in [3.05, 3.63) is 0 Å². The molecule has 19 N–H and O–H groups in total. The molecule has 0 aromatic rings. The van der Waals surface area contributed by atoms with Gasteiger partial charge in [0.05, 0.1) is 26.2 Å². The van der Waals surface area contributed by atoms with Crippen LogP contribution in [0.4, 0.5) is 0 Å². The van der Waals surface area contributed by atoms with Gasteiger partial charge in [-0.2, -0.15) is 0 Å². The van der Waals surface area contributed by atoms with Crippen LogP contribution < -0.4 is 59.7 Å². The van der Waals surface area contributed by atoms with Crippen LogP contribution in [0.25, 0.3) is 0 Å². The number of hydrogen-bond donors (Lipinski definition) is 16. The Morgan fingerprint density at radius 1 is 0.515 bits per heavy atom. The van der Waals surface area contributed by atoms with E-state index < -0.39 is 170 Å². The molecule has 0 aliphatic heterocycles. The second-order valence-electron chi connectivity index (χ2n) is 16.0. The Bertz CT molecular complexity index is 1760. The van der Waals surface area contributed by atoms with Crippen molar-refractivity contribution >= 4 is 71.1 Å². The van der Waals surface area contributed by atoms with E-state index in [0.29, 0.717) is 0 Å². The van der Waals surface area contributed by atoms with Gasteiger partial charge in [-0.3, -0.25) is 52.9 Å². The topological polar surface area (TPSA) is 476 Å². The molecule has 8 amide bonds. The number of hydrogen-bond acceptors (Lipinski definition) is 15. The number of aliphatic carboxylic acids is 3. The van der Waals surface area contributed by atoms with Crippen LogP contribution in [-0.4, -0.2) is 171 Å². The molecule has 0 saturated heterocycles. The number of nitrogens with two attached hydrogens (primary N) is 3. The van der Waals surface area contributed by atoms with Crippen LogP contribution in [0.15, 0.2) is 4.99 Å². The van der Waals surface area contributed by atoms with Gasteiger partial charge < -0.3 is 85.3 Å². The zero-order valence-electron chi connectivity index (χ0n) is 37.6. The number of amides is 8. The van der Waals surface area contributed by atoms with Gasteiger partial charge >= 0.3 is 17.9 Å². The highest BCUT2D eigenvalue weighted by Gasteiger charge is 2.35. The average molecular weight is 947 g/mol. The second kappa shape index (κ2) is 29.7. The van der Waals surface area contributed by atoms with Gasteiger partial charge in [0, 0.05) is 13.0 Å². The van der Waals surface area contributed by atoms with E-state index in [1.807, 2.05) is 0 Å². The lowest BCUT2D eigenvalue weighted by Gasteiger charge is -2.29.